The molecule has 0 spiro atoms. The Hall–Kier alpha value is -1.69. The van der Waals surface area contributed by atoms with Gasteiger partial charge in [0.2, 0.25) is 5.91 Å². The Morgan fingerprint density at radius 3 is 2.77 bits per heavy atom. The van der Waals surface area contributed by atoms with E-state index in [4.69, 9.17) is 4.74 Å². The van der Waals surface area contributed by atoms with E-state index in [0.717, 1.165) is 40.6 Å². The van der Waals surface area contributed by atoms with E-state index in [2.05, 4.69) is 10.6 Å². The number of halogens is 1. The second kappa shape index (κ2) is 10.5. The Morgan fingerprint density at radius 2 is 2.04 bits per heavy atom. The molecule has 1 saturated heterocycles. The number of para-hydroxylation sites is 1. The van der Waals surface area contributed by atoms with Crippen molar-refractivity contribution >= 4 is 35.8 Å². The number of thioether (sulfide) groups is 1. The van der Waals surface area contributed by atoms with Gasteiger partial charge in [-0.15, -0.1) is 12.4 Å². The molecule has 0 aliphatic carbocycles. The van der Waals surface area contributed by atoms with E-state index in [0.29, 0.717) is 13.0 Å². The average molecular weight is 393 g/mol. The highest BCUT2D eigenvalue weighted by Gasteiger charge is 2.17. The molecule has 2 aromatic rings. The van der Waals surface area contributed by atoms with Crippen molar-refractivity contribution in [3.63, 3.8) is 0 Å². The predicted molar refractivity (Wildman–Crippen MR) is 112 cm³/mol. The van der Waals surface area contributed by atoms with Crippen LogP contribution in [0.3, 0.4) is 0 Å². The van der Waals surface area contributed by atoms with Gasteiger partial charge in [0.1, 0.15) is 12.4 Å². The molecule has 0 radical (unpaired) electrons. The third kappa shape index (κ3) is 5.94. The standard InChI is InChI=1S/C20H24N2O2S.ClH/c1-15-16(13-24-18-7-3-2-4-8-18)6-5-9-19(15)22-20(23)12-17-14-25-11-10-21-17;/h2-9,17,21H,10-14H2,1H3,(H,22,23);1H. The number of carbonyl (C=O) groups excluding carboxylic acids is 1. The molecule has 0 aromatic heterocycles. The Labute approximate surface area is 165 Å². The number of hydrogen-bond acceptors (Lipinski definition) is 4. The molecule has 3 rings (SSSR count). The van der Waals surface area contributed by atoms with Crippen LogP contribution in [-0.4, -0.2) is 30.0 Å². The zero-order chi connectivity index (χ0) is 17.5. The van der Waals surface area contributed by atoms with Crippen molar-refractivity contribution in [2.75, 3.05) is 23.4 Å². The summed E-state index contributed by atoms with van der Waals surface area (Å²) in [7, 11) is 0. The van der Waals surface area contributed by atoms with E-state index in [1.165, 1.54) is 0 Å². The van der Waals surface area contributed by atoms with Crippen LogP contribution in [0, 0.1) is 6.92 Å². The van der Waals surface area contributed by atoms with Crippen molar-refractivity contribution in [1.82, 2.24) is 5.32 Å². The van der Waals surface area contributed by atoms with Crippen LogP contribution in [-0.2, 0) is 11.4 Å². The molecule has 1 amide bonds. The van der Waals surface area contributed by atoms with Gasteiger partial charge in [-0.05, 0) is 36.2 Å². The van der Waals surface area contributed by atoms with Crippen LogP contribution in [0.25, 0.3) is 0 Å². The van der Waals surface area contributed by atoms with Crippen LogP contribution in [0.15, 0.2) is 48.5 Å². The largest absolute Gasteiger partial charge is 0.489 e. The molecule has 1 aliphatic rings. The summed E-state index contributed by atoms with van der Waals surface area (Å²) in [5.41, 5.74) is 2.99. The monoisotopic (exact) mass is 392 g/mol. The van der Waals surface area contributed by atoms with Crippen molar-refractivity contribution in [2.24, 2.45) is 0 Å². The third-order valence-corrected chi connectivity index (χ3v) is 5.42. The Bertz CT molecular complexity index is 706. The van der Waals surface area contributed by atoms with Crippen molar-refractivity contribution in [1.29, 1.82) is 0 Å². The van der Waals surface area contributed by atoms with Gasteiger partial charge in [0.15, 0.2) is 0 Å². The molecule has 2 aromatic carbocycles. The maximum atomic E-state index is 12.3. The highest BCUT2D eigenvalue weighted by atomic mass is 35.5. The lowest BCUT2D eigenvalue weighted by molar-refractivity contribution is -0.116. The quantitative estimate of drug-likeness (QED) is 0.779. The lowest BCUT2D eigenvalue weighted by atomic mass is 10.1. The van der Waals surface area contributed by atoms with Gasteiger partial charge in [0.05, 0.1) is 0 Å². The van der Waals surface area contributed by atoms with E-state index in [1.807, 2.05) is 67.2 Å². The molecule has 26 heavy (non-hydrogen) atoms. The van der Waals surface area contributed by atoms with Gasteiger partial charge in [-0.25, -0.2) is 0 Å². The Morgan fingerprint density at radius 1 is 1.23 bits per heavy atom. The van der Waals surface area contributed by atoms with Gasteiger partial charge in [0, 0.05) is 36.2 Å². The molecular formula is C20H25ClN2O2S. The normalized spacial score (nSPS) is 16.4. The van der Waals surface area contributed by atoms with E-state index >= 15 is 0 Å². The minimum Gasteiger partial charge on any atom is -0.489 e. The predicted octanol–water partition coefficient (Wildman–Crippen LogP) is 4.03. The highest BCUT2D eigenvalue weighted by molar-refractivity contribution is 7.99. The lowest BCUT2D eigenvalue weighted by Crippen LogP contribution is -2.39. The van der Waals surface area contributed by atoms with Crippen LogP contribution in [0.4, 0.5) is 5.69 Å². The number of amides is 1. The topological polar surface area (TPSA) is 50.4 Å². The number of ether oxygens (including phenoxy) is 1. The van der Waals surface area contributed by atoms with Gasteiger partial charge >= 0.3 is 0 Å². The zero-order valence-electron chi connectivity index (χ0n) is 14.9. The van der Waals surface area contributed by atoms with E-state index in [-0.39, 0.29) is 24.4 Å². The second-order valence-corrected chi connectivity index (χ2v) is 7.32. The first-order valence-electron chi connectivity index (χ1n) is 8.59. The first kappa shape index (κ1) is 20.6. The van der Waals surface area contributed by atoms with Crippen LogP contribution in [0.5, 0.6) is 5.75 Å². The Kier molecular flexibility index (Phi) is 8.29. The van der Waals surface area contributed by atoms with E-state index in [1.54, 1.807) is 0 Å². The number of rotatable bonds is 6. The van der Waals surface area contributed by atoms with Gasteiger partial charge in [-0.2, -0.15) is 11.8 Å². The molecule has 1 atom stereocenters. The Balaban J connectivity index is 0.00000243. The molecule has 2 N–H and O–H groups in total. The summed E-state index contributed by atoms with van der Waals surface area (Å²) in [6.07, 6.45) is 0.511. The summed E-state index contributed by atoms with van der Waals surface area (Å²) in [6.45, 7) is 3.49. The van der Waals surface area contributed by atoms with Crippen LogP contribution < -0.4 is 15.4 Å². The molecule has 1 unspecified atom stereocenters. The minimum atomic E-state index is 0. The van der Waals surface area contributed by atoms with Crippen molar-refractivity contribution in [2.45, 2.75) is 26.0 Å². The van der Waals surface area contributed by atoms with Crippen molar-refractivity contribution in [3.05, 3.63) is 59.7 Å². The summed E-state index contributed by atoms with van der Waals surface area (Å²) in [5, 5.41) is 6.45. The fraction of sp³-hybridized carbons (Fsp3) is 0.350. The molecule has 6 heteroatoms. The molecule has 1 heterocycles. The van der Waals surface area contributed by atoms with Crippen LogP contribution in [0.1, 0.15) is 17.5 Å². The molecule has 1 aliphatic heterocycles. The maximum Gasteiger partial charge on any atom is 0.225 e. The van der Waals surface area contributed by atoms with Gasteiger partial charge in [0.25, 0.3) is 0 Å². The first-order chi connectivity index (χ1) is 12.2. The van der Waals surface area contributed by atoms with Gasteiger partial charge in [-0.3, -0.25) is 4.79 Å². The second-order valence-electron chi connectivity index (χ2n) is 6.17. The summed E-state index contributed by atoms with van der Waals surface area (Å²) < 4.78 is 5.83. The van der Waals surface area contributed by atoms with E-state index < -0.39 is 0 Å². The highest BCUT2D eigenvalue weighted by Crippen LogP contribution is 2.21. The summed E-state index contributed by atoms with van der Waals surface area (Å²) in [4.78, 5) is 12.3. The SMILES string of the molecule is Cc1c(COc2ccccc2)cccc1NC(=O)CC1CSCCN1.Cl. The van der Waals surface area contributed by atoms with Crippen molar-refractivity contribution in [3.8, 4) is 5.75 Å². The zero-order valence-corrected chi connectivity index (χ0v) is 16.5. The summed E-state index contributed by atoms with van der Waals surface area (Å²) in [5.74, 6) is 3.03. The number of nitrogens with one attached hydrogen (secondary N) is 2. The third-order valence-electron chi connectivity index (χ3n) is 4.29. The lowest BCUT2D eigenvalue weighted by Gasteiger charge is -2.22. The maximum absolute atomic E-state index is 12.3. The molecule has 0 bridgehead atoms. The number of hydrogen-bond donors (Lipinski definition) is 2. The molecule has 140 valence electrons. The smallest absolute Gasteiger partial charge is 0.225 e. The summed E-state index contributed by atoms with van der Waals surface area (Å²) in [6, 6.07) is 16.0. The fourth-order valence-corrected chi connectivity index (χ4v) is 3.78. The number of anilines is 1. The molecule has 4 nitrogen and oxygen atoms in total. The minimum absolute atomic E-state index is 0. The molecule has 1 fully saturated rings. The molecule has 0 saturated carbocycles. The summed E-state index contributed by atoms with van der Waals surface area (Å²) >= 11 is 1.90. The van der Waals surface area contributed by atoms with Crippen LogP contribution in [0.2, 0.25) is 0 Å². The van der Waals surface area contributed by atoms with Crippen molar-refractivity contribution < 1.29 is 9.53 Å². The van der Waals surface area contributed by atoms with E-state index in [9.17, 15) is 4.79 Å². The average Bonchev–Trinajstić information content (AvgIpc) is 2.64. The number of benzene rings is 2. The van der Waals surface area contributed by atoms with Crippen LogP contribution >= 0.6 is 24.2 Å². The molecular weight excluding hydrogens is 368 g/mol. The van der Waals surface area contributed by atoms with Gasteiger partial charge < -0.3 is 15.4 Å². The van der Waals surface area contributed by atoms with Gasteiger partial charge in [-0.1, -0.05) is 30.3 Å². The fourth-order valence-electron chi connectivity index (χ4n) is 2.83. The number of carbonyl (C=O) groups is 1. The first-order valence-corrected chi connectivity index (χ1v) is 9.75.